The van der Waals surface area contributed by atoms with Crippen molar-refractivity contribution in [2.75, 3.05) is 7.11 Å². The van der Waals surface area contributed by atoms with Crippen LogP contribution in [0.4, 0.5) is 0 Å². The van der Waals surface area contributed by atoms with Crippen LogP contribution in [-0.4, -0.2) is 29.3 Å². The zero-order chi connectivity index (χ0) is 13.5. The van der Waals surface area contributed by atoms with E-state index in [2.05, 4.69) is 26.1 Å². The molecule has 0 N–H and O–H groups in total. The predicted molar refractivity (Wildman–Crippen MR) is 66.2 cm³/mol. The molecule has 1 aromatic heterocycles. The van der Waals surface area contributed by atoms with Crippen molar-refractivity contribution < 1.29 is 47.1 Å². The summed E-state index contributed by atoms with van der Waals surface area (Å²) < 4.78 is 4.68. The van der Waals surface area contributed by atoms with E-state index < -0.39 is 5.97 Å². The first-order valence-corrected chi connectivity index (χ1v) is 5.26. The maximum Gasteiger partial charge on any atom is 0.338 e. The van der Waals surface area contributed by atoms with Gasteiger partial charge in [-0.3, -0.25) is 0 Å². The van der Waals surface area contributed by atoms with E-state index in [0.717, 1.165) is 0 Å². The number of hydrogen-bond donors (Lipinski definition) is 0. The molecule has 0 atom stereocenters. The molecule has 99 valence electrons. The number of esters is 1. The minimum atomic E-state index is -0.487. The van der Waals surface area contributed by atoms with E-state index in [9.17, 15) is 4.79 Å². The Morgan fingerprint density at radius 1 is 1.53 bits per heavy atom. The maximum atomic E-state index is 11.6. The van der Waals surface area contributed by atoms with Crippen LogP contribution < -0.4 is 4.84 Å². The molecular formula is C12H14N3O3Y-. The Kier molecular flexibility index (Phi) is 8.35. The number of aromatic nitrogens is 2. The Morgan fingerprint density at radius 2 is 2.21 bits per heavy atom. The SMILES string of the molecule is C[C-]=NOc1nc(C)ncc1/C(=C\C)C(=O)OC.[Y]. The van der Waals surface area contributed by atoms with Gasteiger partial charge in [-0.1, -0.05) is 6.08 Å². The van der Waals surface area contributed by atoms with Crippen LogP contribution >= 0.6 is 0 Å². The number of carbonyl (C=O) groups excluding carboxylic acids is 1. The van der Waals surface area contributed by atoms with E-state index in [1.54, 1.807) is 26.8 Å². The van der Waals surface area contributed by atoms with Crippen LogP contribution in [0.15, 0.2) is 17.4 Å². The number of hydrogen-bond acceptors (Lipinski definition) is 6. The van der Waals surface area contributed by atoms with Crippen molar-refractivity contribution in [3.63, 3.8) is 0 Å². The molecule has 19 heavy (non-hydrogen) atoms. The molecule has 1 aromatic rings. The Hall–Kier alpha value is -1.14. The monoisotopic (exact) mass is 337 g/mol. The summed E-state index contributed by atoms with van der Waals surface area (Å²) in [5, 5.41) is 3.53. The van der Waals surface area contributed by atoms with Gasteiger partial charge in [-0.25, -0.2) is 9.78 Å². The maximum absolute atomic E-state index is 11.6. The molecule has 0 saturated heterocycles. The number of nitrogens with zero attached hydrogens (tertiary/aromatic N) is 3. The molecule has 0 aliphatic heterocycles. The summed E-state index contributed by atoms with van der Waals surface area (Å²) in [6.45, 7) is 5.01. The summed E-state index contributed by atoms with van der Waals surface area (Å²) in [5.41, 5.74) is 0.743. The van der Waals surface area contributed by atoms with Crippen LogP contribution in [0, 0.1) is 6.92 Å². The van der Waals surface area contributed by atoms with E-state index in [1.165, 1.54) is 13.3 Å². The zero-order valence-corrected chi connectivity index (χ0v) is 14.1. The van der Waals surface area contributed by atoms with Crippen LogP contribution in [0.2, 0.25) is 0 Å². The van der Waals surface area contributed by atoms with Crippen LogP contribution in [0.25, 0.3) is 5.57 Å². The standard InChI is InChI=1S/C12H14N3O3.Y/c1-5-9(12(16)17-4)10-7-13-8(3)15-11(10)18-14-6-2;/h5,7H,1-4H3;/q-1;/b9-5+;. The molecule has 0 amide bonds. The molecule has 0 aromatic carbocycles. The fourth-order valence-electron chi connectivity index (χ4n) is 1.29. The molecule has 6 nitrogen and oxygen atoms in total. The number of aryl methyl sites for hydroxylation is 1. The van der Waals surface area contributed by atoms with E-state index in [4.69, 9.17) is 4.84 Å². The van der Waals surface area contributed by atoms with Gasteiger partial charge < -0.3 is 20.9 Å². The van der Waals surface area contributed by atoms with E-state index in [1.807, 2.05) is 0 Å². The second-order valence-electron chi connectivity index (χ2n) is 3.24. The van der Waals surface area contributed by atoms with E-state index in [-0.39, 0.29) is 38.6 Å². The summed E-state index contributed by atoms with van der Waals surface area (Å²) in [4.78, 5) is 24.8. The third-order valence-corrected chi connectivity index (χ3v) is 2.08. The van der Waals surface area contributed by atoms with Crippen molar-refractivity contribution in [1.82, 2.24) is 9.97 Å². The topological polar surface area (TPSA) is 73.7 Å². The quantitative estimate of drug-likeness (QED) is 0.274. The van der Waals surface area contributed by atoms with Crippen LogP contribution in [-0.2, 0) is 42.2 Å². The third kappa shape index (κ3) is 4.80. The first-order valence-electron chi connectivity index (χ1n) is 5.26. The summed E-state index contributed by atoms with van der Waals surface area (Å²) in [7, 11) is 1.30. The molecule has 0 spiro atoms. The van der Waals surface area contributed by atoms with Crippen LogP contribution in [0.1, 0.15) is 25.2 Å². The van der Waals surface area contributed by atoms with Gasteiger partial charge in [0.05, 0.1) is 18.2 Å². The second-order valence-corrected chi connectivity index (χ2v) is 3.24. The molecule has 7 heteroatoms. The Bertz CT molecular complexity index is 501. The molecule has 0 aliphatic rings. The third-order valence-electron chi connectivity index (χ3n) is 2.08. The van der Waals surface area contributed by atoms with E-state index >= 15 is 0 Å². The number of ether oxygens (including phenoxy) is 1. The van der Waals surface area contributed by atoms with Gasteiger partial charge in [0.15, 0.2) is 0 Å². The van der Waals surface area contributed by atoms with Crippen molar-refractivity contribution in [2.24, 2.45) is 5.16 Å². The van der Waals surface area contributed by atoms with Crippen molar-refractivity contribution in [2.45, 2.75) is 20.8 Å². The fraction of sp³-hybridized carbons (Fsp3) is 0.333. The van der Waals surface area contributed by atoms with Gasteiger partial charge in [-0.15, -0.1) is 0 Å². The molecular weight excluding hydrogens is 323 g/mol. The van der Waals surface area contributed by atoms with Gasteiger partial charge in [0, 0.05) is 38.9 Å². The molecule has 1 radical (unpaired) electrons. The van der Waals surface area contributed by atoms with Gasteiger partial charge in [-0.05, 0) is 13.8 Å². The summed E-state index contributed by atoms with van der Waals surface area (Å²) >= 11 is 0. The largest absolute Gasteiger partial charge is 0.465 e. The van der Waals surface area contributed by atoms with Gasteiger partial charge >= 0.3 is 5.97 Å². The zero-order valence-electron chi connectivity index (χ0n) is 11.3. The molecule has 0 fully saturated rings. The summed E-state index contributed by atoms with van der Waals surface area (Å²) in [5.74, 6) is 0.218. The van der Waals surface area contributed by atoms with Gasteiger partial charge in [-0.2, -0.15) is 11.9 Å². The summed E-state index contributed by atoms with van der Waals surface area (Å²) in [6, 6.07) is 0. The van der Waals surface area contributed by atoms with Crippen molar-refractivity contribution >= 4 is 17.8 Å². The number of rotatable bonds is 4. The minimum absolute atomic E-state index is 0. The normalized spacial score (nSPS) is 11.1. The number of allylic oxidation sites excluding steroid dienone is 1. The average molecular weight is 337 g/mol. The van der Waals surface area contributed by atoms with Crippen molar-refractivity contribution in [3.8, 4) is 5.88 Å². The first kappa shape index (κ1) is 17.9. The fourth-order valence-corrected chi connectivity index (χ4v) is 1.29. The Balaban J connectivity index is 0.00000324. The van der Waals surface area contributed by atoms with Crippen LogP contribution in [0.3, 0.4) is 0 Å². The summed E-state index contributed by atoms with van der Waals surface area (Å²) in [6.07, 6.45) is 5.57. The molecule has 0 bridgehead atoms. The van der Waals surface area contributed by atoms with Crippen LogP contribution in [0.5, 0.6) is 5.88 Å². The van der Waals surface area contributed by atoms with Crippen molar-refractivity contribution in [3.05, 3.63) is 23.7 Å². The molecule has 0 aliphatic carbocycles. The molecule has 1 heterocycles. The van der Waals surface area contributed by atoms with Crippen molar-refractivity contribution in [1.29, 1.82) is 0 Å². The minimum Gasteiger partial charge on any atom is -0.465 e. The van der Waals surface area contributed by atoms with Gasteiger partial charge in [0.1, 0.15) is 5.82 Å². The smallest absolute Gasteiger partial charge is 0.338 e. The van der Waals surface area contributed by atoms with E-state index in [0.29, 0.717) is 17.0 Å². The molecule has 0 unspecified atom stereocenters. The molecule has 1 rings (SSSR count). The number of methoxy groups -OCH3 is 1. The molecule has 0 saturated carbocycles. The predicted octanol–water partition coefficient (Wildman–Crippen LogP) is 1.62. The Morgan fingerprint density at radius 3 is 2.74 bits per heavy atom. The average Bonchev–Trinajstić information content (AvgIpc) is 2.38. The number of carbonyl (C=O) groups is 1. The second kappa shape index (κ2) is 8.88. The van der Waals surface area contributed by atoms with Gasteiger partial charge in [0.25, 0.3) is 5.88 Å². The Labute approximate surface area is 137 Å². The first-order chi connectivity index (χ1) is 8.63. The van der Waals surface area contributed by atoms with Gasteiger partial charge in [0.2, 0.25) is 0 Å².